The van der Waals surface area contributed by atoms with Crippen LogP contribution in [0.25, 0.3) is 0 Å². The van der Waals surface area contributed by atoms with Gasteiger partial charge >= 0.3 is 0 Å². The minimum Gasteiger partial charge on any atom is -0.484 e. The standard InChI is InChI=1S/C18H22N2O4S/c1-13-5-10-17(14(2)11-13)19-18(21)12-24-16-8-6-15(7-9-16)20(3)25(4,22)23/h5-11H,12H2,1-4H3,(H,19,21). The van der Waals surface area contributed by atoms with Gasteiger partial charge in [-0.15, -0.1) is 0 Å². The highest BCUT2D eigenvalue weighted by molar-refractivity contribution is 7.92. The first-order valence-electron chi connectivity index (χ1n) is 7.70. The lowest BCUT2D eigenvalue weighted by Gasteiger charge is -2.16. The van der Waals surface area contributed by atoms with E-state index >= 15 is 0 Å². The molecule has 6 nitrogen and oxygen atoms in total. The van der Waals surface area contributed by atoms with Crippen molar-refractivity contribution >= 4 is 27.3 Å². The summed E-state index contributed by atoms with van der Waals surface area (Å²) < 4.78 is 29.6. The maximum atomic E-state index is 12.0. The Morgan fingerprint density at radius 1 is 1.12 bits per heavy atom. The van der Waals surface area contributed by atoms with Crippen LogP contribution in [0.15, 0.2) is 42.5 Å². The molecule has 7 heteroatoms. The van der Waals surface area contributed by atoms with Crippen molar-refractivity contribution in [2.45, 2.75) is 13.8 Å². The van der Waals surface area contributed by atoms with Gasteiger partial charge in [-0.3, -0.25) is 9.10 Å². The van der Waals surface area contributed by atoms with Gasteiger partial charge in [0.25, 0.3) is 5.91 Å². The topological polar surface area (TPSA) is 75.7 Å². The van der Waals surface area contributed by atoms with Crippen LogP contribution in [0.1, 0.15) is 11.1 Å². The van der Waals surface area contributed by atoms with Gasteiger partial charge in [0.15, 0.2) is 6.61 Å². The average Bonchev–Trinajstić information content (AvgIpc) is 2.54. The third kappa shape index (κ3) is 5.22. The number of sulfonamides is 1. The van der Waals surface area contributed by atoms with Crippen molar-refractivity contribution in [1.29, 1.82) is 0 Å². The number of benzene rings is 2. The second kappa shape index (κ2) is 7.57. The molecular formula is C18H22N2O4S. The van der Waals surface area contributed by atoms with E-state index in [-0.39, 0.29) is 12.5 Å². The molecule has 0 spiro atoms. The van der Waals surface area contributed by atoms with Crippen LogP contribution in [-0.4, -0.2) is 34.2 Å². The molecule has 2 aromatic carbocycles. The predicted molar refractivity (Wildman–Crippen MR) is 99.7 cm³/mol. The van der Waals surface area contributed by atoms with Crippen LogP contribution in [0.2, 0.25) is 0 Å². The van der Waals surface area contributed by atoms with Crippen LogP contribution in [0, 0.1) is 13.8 Å². The quantitative estimate of drug-likeness (QED) is 0.857. The van der Waals surface area contributed by atoms with Crippen LogP contribution in [0.3, 0.4) is 0 Å². The van der Waals surface area contributed by atoms with E-state index in [1.807, 2.05) is 32.0 Å². The highest BCUT2D eigenvalue weighted by Gasteiger charge is 2.12. The minimum atomic E-state index is -3.31. The average molecular weight is 362 g/mol. The molecule has 0 aromatic heterocycles. The smallest absolute Gasteiger partial charge is 0.262 e. The van der Waals surface area contributed by atoms with Crippen molar-refractivity contribution in [2.24, 2.45) is 0 Å². The summed E-state index contributed by atoms with van der Waals surface area (Å²) in [6.45, 7) is 3.79. The third-order valence-corrected chi connectivity index (χ3v) is 4.93. The largest absolute Gasteiger partial charge is 0.484 e. The fourth-order valence-electron chi connectivity index (χ4n) is 2.23. The van der Waals surface area contributed by atoms with Gasteiger partial charge in [-0.05, 0) is 49.7 Å². The van der Waals surface area contributed by atoms with Crippen LogP contribution < -0.4 is 14.4 Å². The van der Waals surface area contributed by atoms with Crippen molar-refractivity contribution in [3.05, 3.63) is 53.6 Å². The number of carbonyl (C=O) groups excluding carboxylic acids is 1. The van der Waals surface area contributed by atoms with Crippen molar-refractivity contribution in [2.75, 3.05) is 29.5 Å². The number of aryl methyl sites for hydroxylation is 2. The van der Waals surface area contributed by atoms with E-state index in [1.165, 1.54) is 11.4 Å². The van der Waals surface area contributed by atoms with E-state index in [4.69, 9.17) is 4.74 Å². The van der Waals surface area contributed by atoms with E-state index in [0.717, 1.165) is 23.1 Å². The van der Waals surface area contributed by atoms with Gasteiger partial charge in [0, 0.05) is 12.7 Å². The summed E-state index contributed by atoms with van der Waals surface area (Å²) in [5, 5.41) is 2.81. The first-order valence-corrected chi connectivity index (χ1v) is 9.55. The van der Waals surface area contributed by atoms with Gasteiger partial charge in [-0.2, -0.15) is 0 Å². The molecule has 0 heterocycles. The number of rotatable bonds is 6. The Balaban J connectivity index is 1.93. The Morgan fingerprint density at radius 2 is 1.76 bits per heavy atom. The minimum absolute atomic E-state index is 0.130. The number of hydrogen-bond acceptors (Lipinski definition) is 4. The van der Waals surface area contributed by atoms with Crippen molar-refractivity contribution in [1.82, 2.24) is 0 Å². The molecule has 0 saturated carbocycles. The fourth-order valence-corrected chi connectivity index (χ4v) is 2.74. The lowest BCUT2D eigenvalue weighted by molar-refractivity contribution is -0.118. The first kappa shape index (κ1) is 18.8. The molecule has 0 aliphatic carbocycles. The third-order valence-electron chi connectivity index (χ3n) is 3.72. The molecule has 1 N–H and O–H groups in total. The zero-order valence-corrected chi connectivity index (χ0v) is 15.6. The summed E-state index contributed by atoms with van der Waals surface area (Å²) in [5.74, 6) is 0.228. The number of nitrogens with zero attached hydrogens (tertiary/aromatic N) is 1. The molecule has 0 fully saturated rings. The number of carbonyl (C=O) groups is 1. The molecule has 25 heavy (non-hydrogen) atoms. The van der Waals surface area contributed by atoms with Crippen LogP contribution in [0.5, 0.6) is 5.75 Å². The molecule has 2 rings (SSSR count). The van der Waals surface area contributed by atoms with Crippen molar-refractivity contribution in [3.8, 4) is 5.75 Å². The molecular weight excluding hydrogens is 340 g/mol. The van der Waals surface area contributed by atoms with E-state index in [2.05, 4.69) is 5.32 Å². The molecule has 0 unspecified atom stereocenters. The van der Waals surface area contributed by atoms with Crippen molar-refractivity contribution < 1.29 is 17.9 Å². The molecule has 0 radical (unpaired) electrons. The maximum absolute atomic E-state index is 12.0. The van der Waals surface area contributed by atoms with Gasteiger partial charge in [0.1, 0.15) is 5.75 Å². The first-order chi connectivity index (χ1) is 11.7. The number of nitrogens with one attached hydrogen (secondary N) is 1. The van der Waals surface area contributed by atoms with Crippen LogP contribution in [0.4, 0.5) is 11.4 Å². The molecule has 2 aromatic rings. The second-order valence-corrected chi connectivity index (χ2v) is 7.89. The number of amides is 1. The zero-order chi connectivity index (χ0) is 18.6. The fraction of sp³-hybridized carbons (Fsp3) is 0.278. The van der Waals surface area contributed by atoms with E-state index in [9.17, 15) is 13.2 Å². The predicted octanol–water partition coefficient (Wildman–Crippen LogP) is 2.72. The molecule has 0 bridgehead atoms. The summed E-state index contributed by atoms with van der Waals surface area (Å²) in [5.41, 5.74) is 3.39. The summed E-state index contributed by atoms with van der Waals surface area (Å²) in [7, 11) is -1.83. The second-order valence-electron chi connectivity index (χ2n) is 5.88. The summed E-state index contributed by atoms with van der Waals surface area (Å²) in [4.78, 5) is 12.0. The van der Waals surface area contributed by atoms with Crippen LogP contribution >= 0.6 is 0 Å². The SMILES string of the molecule is Cc1ccc(NC(=O)COc2ccc(N(C)S(C)(=O)=O)cc2)c(C)c1. The monoisotopic (exact) mass is 362 g/mol. The molecule has 0 atom stereocenters. The molecule has 0 saturated heterocycles. The lowest BCUT2D eigenvalue weighted by Crippen LogP contribution is -2.24. The Morgan fingerprint density at radius 3 is 2.32 bits per heavy atom. The molecule has 0 aliphatic rings. The zero-order valence-electron chi connectivity index (χ0n) is 14.7. The van der Waals surface area contributed by atoms with Gasteiger partial charge in [0.2, 0.25) is 10.0 Å². The Labute approximate surface area is 148 Å². The lowest BCUT2D eigenvalue weighted by atomic mass is 10.1. The number of hydrogen-bond donors (Lipinski definition) is 1. The Hall–Kier alpha value is -2.54. The van der Waals surface area contributed by atoms with E-state index < -0.39 is 10.0 Å². The van der Waals surface area contributed by atoms with Gasteiger partial charge in [0.05, 0.1) is 11.9 Å². The molecule has 0 aliphatic heterocycles. The number of anilines is 2. The van der Waals surface area contributed by atoms with E-state index in [1.54, 1.807) is 24.3 Å². The van der Waals surface area contributed by atoms with Crippen molar-refractivity contribution in [3.63, 3.8) is 0 Å². The number of ether oxygens (including phenoxy) is 1. The van der Waals surface area contributed by atoms with Crippen LogP contribution in [-0.2, 0) is 14.8 Å². The van der Waals surface area contributed by atoms with Gasteiger partial charge in [-0.1, -0.05) is 17.7 Å². The molecule has 1 amide bonds. The summed E-state index contributed by atoms with van der Waals surface area (Å²) in [6.07, 6.45) is 1.13. The summed E-state index contributed by atoms with van der Waals surface area (Å²) in [6, 6.07) is 12.3. The highest BCUT2D eigenvalue weighted by atomic mass is 32.2. The van der Waals surface area contributed by atoms with E-state index in [0.29, 0.717) is 11.4 Å². The maximum Gasteiger partial charge on any atom is 0.262 e. The normalized spacial score (nSPS) is 11.0. The van der Waals surface area contributed by atoms with Gasteiger partial charge < -0.3 is 10.1 Å². The van der Waals surface area contributed by atoms with Gasteiger partial charge in [-0.25, -0.2) is 8.42 Å². The Kier molecular flexibility index (Phi) is 5.69. The Bertz CT molecular complexity index is 861. The molecule has 134 valence electrons. The summed E-state index contributed by atoms with van der Waals surface area (Å²) >= 11 is 0. The highest BCUT2D eigenvalue weighted by Crippen LogP contribution is 2.20.